The van der Waals surface area contributed by atoms with E-state index in [4.69, 9.17) is 4.74 Å². The van der Waals surface area contributed by atoms with E-state index >= 15 is 0 Å². The Morgan fingerprint density at radius 3 is 2.83 bits per heavy atom. The lowest BCUT2D eigenvalue weighted by Crippen LogP contribution is -2.31. The molecule has 0 saturated heterocycles. The predicted molar refractivity (Wildman–Crippen MR) is 94.3 cm³/mol. The first-order chi connectivity index (χ1) is 11.7. The minimum absolute atomic E-state index is 0.188. The molecule has 1 saturated carbocycles. The number of aromatic nitrogens is 1. The fourth-order valence-electron chi connectivity index (χ4n) is 3.28. The van der Waals surface area contributed by atoms with Crippen molar-refractivity contribution in [3.05, 3.63) is 46.2 Å². The summed E-state index contributed by atoms with van der Waals surface area (Å²) in [6, 6.07) is 7.32. The number of benzene rings is 1. The lowest BCUT2D eigenvalue weighted by Gasteiger charge is -2.12. The number of pyridine rings is 1. The van der Waals surface area contributed by atoms with Crippen molar-refractivity contribution in [2.24, 2.45) is 7.05 Å². The van der Waals surface area contributed by atoms with Crippen molar-refractivity contribution >= 4 is 16.8 Å². The Morgan fingerprint density at radius 2 is 2.04 bits per heavy atom. The van der Waals surface area contributed by atoms with Gasteiger partial charge >= 0.3 is 0 Å². The first kappa shape index (κ1) is 16.7. The van der Waals surface area contributed by atoms with Crippen molar-refractivity contribution in [3.8, 4) is 0 Å². The molecule has 0 aliphatic heterocycles. The molecule has 0 atom stereocenters. The minimum Gasteiger partial charge on any atom is -0.378 e. The SMILES string of the molecule is Cn1cc(C(=O)NCCCOC2CCCC2)c(=O)c2ccccc21. The van der Waals surface area contributed by atoms with Crippen LogP contribution in [0.15, 0.2) is 35.3 Å². The van der Waals surface area contributed by atoms with E-state index in [-0.39, 0.29) is 16.9 Å². The summed E-state index contributed by atoms with van der Waals surface area (Å²) in [5.74, 6) is -0.317. The molecule has 1 aliphatic carbocycles. The summed E-state index contributed by atoms with van der Waals surface area (Å²) in [6.07, 6.45) is 7.58. The Hall–Kier alpha value is -2.14. The number of fused-ring (bicyclic) bond motifs is 1. The summed E-state index contributed by atoms with van der Waals surface area (Å²) in [5, 5.41) is 3.39. The first-order valence-corrected chi connectivity index (χ1v) is 8.65. The highest BCUT2D eigenvalue weighted by molar-refractivity contribution is 5.97. The van der Waals surface area contributed by atoms with Crippen molar-refractivity contribution < 1.29 is 9.53 Å². The largest absolute Gasteiger partial charge is 0.378 e. The number of nitrogens with zero attached hydrogens (tertiary/aromatic N) is 1. The van der Waals surface area contributed by atoms with Crippen LogP contribution in [-0.4, -0.2) is 29.7 Å². The third-order valence-corrected chi connectivity index (χ3v) is 4.60. The molecule has 0 radical (unpaired) electrons. The molecule has 128 valence electrons. The standard InChI is InChI=1S/C19H24N2O3/c1-21-13-16(18(22)15-9-4-5-10-17(15)21)19(23)20-11-6-12-24-14-7-2-3-8-14/h4-5,9-10,13-14H,2-3,6-8,11-12H2,1H3,(H,20,23). The van der Waals surface area contributed by atoms with Crippen molar-refractivity contribution in [2.45, 2.75) is 38.2 Å². The number of amides is 1. The lowest BCUT2D eigenvalue weighted by molar-refractivity contribution is 0.0565. The Labute approximate surface area is 141 Å². The normalized spacial score (nSPS) is 15.0. The molecule has 1 aromatic carbocycles. The second-order valence-electron chi connectivity index (χ2n) is 6.39. The average molecular weight is 328 g/mol. The van der Waals surface area contributed by atoms with Gasteiger partial charge in [0.15, 0.2) is 0 Å². The molecule has 3 rings (SSSR count). The Kier molecular flexibility index (Phi) is 5.30. The molecule has 1 aromatic heterocycles. The van der Waals surface area contributed by atoms with E-state index in [0.717, 1.165) is 24.8 Å². The number of ether oxygens (including phenoxy) is 1. The van der Waals surface area contributed by atoms with Crippen LogP contribution in [-0.2, 0) is 11.8 Å². The van der Waals surface area contributed by atoms with Crippen LogP contribution in [0.1, 0.15) is 42.5 Å². The Balaban J connectivity index is 1.58. The van der Waals surface area contributed by atoms with Gasteiger partial charge in [-0.05, 0) is 31.4 Å². The predicted octanol–water partition coefficient (Wildman–Crippen LogP) is 2.62. The molecule has 0 spiro atoms. The van der Waals surface area contributed by atoms with Gasteiger partial charge in [0.05, 0.1) is 11.6 Å². The highest BCUT2D eigenvalue weighted by Crippen LogP contribution is 2.20. The van der Waals surface area contributed by atoms with Crippen molar-refractivity contribution in [1.82, 2.24) is 9.88 Å². The topological polar surface area (TPSA) is 60.3 Å². The molecule has 0 unspecified atom stereocenters. The molecule has 1 amide bonds. The first-order valence-electron chi connectivity index (χ1n) is 8.65. The second-order valence-corrected chi connectivity index (χ2v) is 6.39. The maximum absolute atomic E-state index is 12.5. The van der Waals surface area contributed by atoms with Crippen LogP contribution < -0.4 is 10.7 Å². The van der Waals surface area contributed by atoms with E-state index in [1.54, 1.807) is 12.3 Å². The number of aryl methyl sites for hydroxylation is 1. The van der Waals surface area contributed by atoms with E-state index in [9.17, 15) is 9.59 Å². The van der Waals surface area contributed by atoms with Gasteiger partial charge in [-0.25, -0.2) is 0 Å². The van der Waals surface area contributed by atoms with Crippen LogP contribution in [0.2, 0.25) is 0 Å². The average Bonchev–Trinajstić information content (AvgIpc) is 3.11. The Bertz CT molecular complexity index is 776. The van der Waals surface area contributed by atoms with Crippen molar-refractivity contribution in [1.29, 1.82) is 0 Å². The van der Waals surface area contributed by atoms with Gasteiger partial charge in [-0.2, -0.15) is 0 Å². The quantitative estimate of drug-likeness (QED) is 0.829. The Morgan fingerprint density at radius 1 is 1.29 bits per heavy atom. The van der Waals surface area contributed by atoms with Gasteiger partial charge in [0.1, 0.15) is 5.56 Å². The summed E-state index contributed by atoms with van der Waals surface area (Å²) in [4.78, 5) is 24.8. The number of nitrogens with one attached hydrogen (secondary N) is 1. The zero-order valence-corrected chi connectivity index (χ0v) is 14.1. The van der Waals surface area contributed by atoms with Crippen molar-refractivity contribution in [3.63, 3.8) is 0 Å². The van der Waals surface area contributed by atoms with E-state index in [0.29, 0.717) is 24.6 Å². The van der Waals surface area contributed by atoms with Gasteiger partial charge in [0.25, 0.3) is 5.91 Å². The smallest absolute Gasteiger partial charge is 0.256 e. The lowest BCUT2D eigenvalue weighted by atomic mass is 10.1. The van der Waals surface area contributed by atoms with E-state index in [2.05, 4.69) is 5.32 Å². The maximum Gasteiger partial charge on any atom is 0.256 e. The molecular weight excluding hydrogens is 304 g/mol. The molecule has 1 aliphatic rings. The molecule has 0 bridgehead atoms. The van der Waals surface area contributed by atoms with E-state index in [1.165, 1.54) is 12.8 Å². The van der Waals surface area contributed by atoms with E-state index < -0.39 is 0 Å². The molecule has 2 aromatic rings. The van der Waals surface area contributed by atoms with Gasteiger partial charge in [0.2, 0.25) is 5.43 Å². The number of rotatable bonds is 6. The number of hydrogen-bond donors (Lipinski definition) is 1. The minimum atomic E-state index is -0.317. The van der Waals surface area contributed by atoms with Gasteiger partial charge in [0, 0.05) is 31.8 Å². The molecular formula is C19H24N2O3. The highest BCUT2D eigenvalue weighted by atomic mass is 16.5. The van der Waals surface area contributed by atoms with Gasteiger partial charge in [-0.15, -0.1) is 0 Å². The van der Waals surface area contributed by atoms with Crippen LogP contribution in [0.5, 0.6) is 0 Å². The molecule has 1 fully saturated rings. The molecule has 1 N–H and O–H groups in total. The second kappa shape index (κ2) is 7.62. The zero-order valence-electron chi connectivity index (χ0n) is 14.1. The molecule has 5 heteroatoms. The number of hydrogen-bond acceptors (Lipinski definition) is 3. The van der Waals surface area contributed by atoms with Crippen LogP contribution in [0.3, 0.4) is 0 Å². The summed E-state index contributed by atoms with van der Waals surface area (Å²) in [7, 11) is 1.84. The number of carbonyl (C=O) groups excluding carboxylic acids is 1. The summed E-state index contributed by atoms with van der Waals surface area (Å²) >= 11 is 0. The van der Waals surface area contributed by atoms with Gasteiger partial charge in [-0.1, -0.05) is 25.0 Å². The monoisotopic (exact) mass is 328 g/mol. The summed E-state index contributed by atoms with van der Waals surface area (Å²) in [6.45, 7) is 1.17. The number of para-hydroxylation sites is 1. The van der Waals surface area contributed by atoms with Crippen LogP contribution in [0.25, 0.3) is 10.9 Å². The molecule has 1 heterocycles. The third-order valence-electron chi connectivity index (χ3n) is 4.60. The molecule has 24 heavy (non-hydrogen) atoms. The van der Waals surface area contributed by atoms with Crippen LogP contribution >= 0.6 is 0 Å². The summed E-state index contributed by atoms with van der Waals surface area (Å²) in [5.41, 5.74) is 0.792. The van der Waals surface area contributed by atoms with Gasteiger partial charge in [-0.3, -0.25) is 9.59 Å². The third kappa shape index (κ3) is 3.67. The number of carbonyl (C=O) groups is 1. The van der Waals surface area contributed by atoms with Crippen LogP contribution in [0.4, 0.5) is 0 Å². The highest BCUT2D eigenvalue weighted by Gasteiger charge is 2.16. The molecule has 5 nitrogen and oxygen atoms in total. The van der Waals surface area contributed by atoms with E-state index in [1.807, 2.05) is 29.8 Å². The summed E-state index contributed by atoms with van der Waals surface area (Å²) < 4.78 is 7.59. The fourth-order valence-corrected chi connectivity index (χ4v) is 3.28. The van der Waals surface area contributed by atoms with Crippen molar-refractivity contribution in [2.75, 3.05) is 13.2 Å². The zero-order chi connectivity index (χ0) is 16.9. The van der Waals surface area contributed by atoms with Gasteiger partial charge < -0.3 is 14.6 Å². The van der Waals surface area contributed by atoms with Crippen LogP contribution in [0, 0.1) is 0 Å². The fraction of sp³-hybridized carbons (Fsp3) is 0.474. The maximum atomic E-state index is 12.5.